The van der Waals surface area contributed by atoms with Crippen LogP contribution >= 0.6 is 0 Å². The first kappa shape index (κ1) is 30.7. The molecule has 0 N–H and O–H groups in total. The second-order valence-corrected chi connectivity index (χ2v) is 13.4. The molecule has 0 aliphatic rings. The van der Waals surface area contributed by atoms with E-state index in [1.165, 1.54) is 43.4 Å². The molecule has 53 heavy (non-hydrogen) atoms. The van der Waals surface area contributed by atoms with Crippen LogP contribution in [0.3, 0.4) is 0 Å². The number of fused-ring (bicyclic) bond motifs is 6. The molecule has 0 bridgehead atoms. The van der Waals surface area contributed by atoms with Gasteiger partial charge in [0.1, 0.15) is 0 Å². The molecular formula is C50H35N3. The summed E-state index contributed by atoms with van der Waals surface area (Å²) in [5.74, 6) is 0. The summed E-state index contributed by atoms with van der Waals surface area (Å²) < 4.78 is 2.37. The fraction of sp³-hybridized carbons (Fsp3) is 0. The number of hydrogen-bond donors (Lipinski definition) is 0. The largest absolute Gasteiger partial charge is 0.310 e. The fourth-order valence-electron chi connectivity index (χ4n) is 7.97. The van der Waals surface area contributed by atoms with Crippen LogP contribution in [0, 0.1) is 0 Å². The maximum atomic E-state index is 2.40. The van der Waals surface area contributed by atoms with E-state index < -0.39 is 0 Å². The highest BCUT2D eigenvalue weighted by Crippen LogP contribution is 2.45. The van der Waals surface area contributed by atoms with Crippen LogP contribution in [-0.4, -0.2) is 4.57 Å². The molecule has 250 valence electrons. The van der Waals surface area contributed by atoms with E-state index >= 15 is 0 Å². The van der Waals surface area contributed by atoms with Crippen molar-refractivity contribution in [2.75, 3.05) is 9.80 Å². The van der Waals surface area contributed by atoms with E-state index in [2.05, 4.69) is 227 Å². The highest BCUT2D eigenvalue weighted by molar-refractivity contribution is 6.15. The Morgan fingerprint density at radius 1 is 0.283 bits per heavy atom. The van der Waals surface area contributed by atoms with Crippen LogP contribution in [0.5, 0.6) is 0 Å². The van der Waals surface area contributed by atoms with Crippen LogP contribution in [0.2, 0.25) is 0 Å². The Morgan fingerprint density at radius 3 is 1.53 bits per heavy atom. The van der Waals surface area contributed by atoms with Crippen molar-refractivity contribution in [2.45, 2.75) is 0 Å². The van der Waals surface area contributed by atoms with Crippen molar-refractivity contribution in [1.82, 2.24) is 4.57 Å². The fourth-order valence-corrected chi connectivity index (χ4v) is 7.97. The Balaban J connectivity index is 1.18. The third-order valence-electron chi connectivity index (χ3n) is 10.3. The summed E-state index contributed by atoms with van der Waals surface area (Å²) in [6, 6.07) is 76.4. The summed E-state index contributed by atoms with van der Waals surface area (Å²) in [4.78, 5) is 4.78. The number of rotatable bonds is 7. The van der Waals surface area contributed by atoms with Gasteiger partial charge in [-0.2, -0.15) is 0 Å². The van der Waals surface area contributed by atoms with Gasteiger partial charge in [-0.1, -0.05) is 127 Å². The highest BCUT2D eigenvalue weighted by atomic mass is 15.2. The minimum atomic E-state index is 1.07. The molecule has 10 aromatic rings. The van der Waals surface area contributed by atoms with Crippen molar-refractivity contribution < 1.29 is 0 Å². The first-order chi connectivity index (χ1) is 26.3. The Kier molecular flexibility index (Phi) is 7.47. The summed E-state index contributed by atoms with van der Waals surface area (Å²) >= 11 is 0. The molecule has 1 aromatic heterocycles. The normalized spacial score (nSPS) is 11.4. The van der Waals surface area contributed by atoms with Gasteiger partial charge in [-0.25, -0.2) is 0 Å². The highest BCUT2D eigenvalue weighted by Gasteiger charge is 2.21. The number of nitrogens with zero attached hydrogens (tertiary/aromatic N) is 3. The zero-order valence-electron chi connectivity index (χ0n) is 29.0. The van der Waals surface area contributed by atoms with E-state index in [9.17, 15) is 0 Å². The van der Waals surface area contributed by atoms with E-state index in [0.717, 1.165) is 39.8 Å². The lowest BCUT2D eigenvalue weighted by Crippen LogP contribution is -2.13. The minimum Gasteiger partial charge on any atom is -0.310 e. The smallest absolute Gasteiger partial charge is 0.0546 e. The van der Waals surface area contributed by atoms with E-state index in [1.807, 2.05) is 0 Å². The third-order valence-corrected chi connectivity index (χ3v) is 10.3. The Hall–Kier alpha value is -7.10. The van der Waals surface area contributed by atoms with Gasteiger partial charge in [0.05, 0.1) is 16.7 Å². The van der Waals surface area contributed by atoms with Gasteiger partial charge >= 0.3 is 0 Å². The van der Waals surface area contributed by atoms with Crippen LogP contribution in [0.1, 0.15) is 0 Å². The van der Waals surface area contributed by atoms with E-state index in [-0.39, 0.29) is 0 Å². The molecule has 0 spiro atoms. The minimum absolute atomic E-state index is 1.07. The first-order valence-corrected chi connectivity index (χ1v) is 18.1. The SMILES string of the molecule is c1ccc(N(c2cccc(N(c3ccccc3)c3cc4ccccc4c4ccccc34)c2)c2ccc3c(c2)c2ccccc2n3-c2ccccc2)cc1. The lowest BCUT2D eigenvalue weighted by Gasteiger charge is -2.30. The van der Waals surface area contributed by atoms with Gasteiger partial charge in [-0.15, -0.1) is 0 Å². The molecule has 9 aromatic carbocycles. The van der Waals surface area contributed by atoms with Crippen molar-refractivity contribution in [2.24, 2.45) is 0 Å². The van der Waals surface area contributed by atoms with Gasteiger partial charge in [0, 0.05) is 50.3 Å². The van der Waals surface area contributed by atoms with Crippen LogP contribution in [0.4, 0.5) is 34.1 Å². The molecular weight excluding hydrogens is 643 g/mol. The maximum Gasteiger partial charge on any atom is 0.0546 e. The molecule has 1 heterocycles. The standard InChI is InChI=1S/C50H35N3/c1-4-18-37(19-5-1)51(42-31-32-49-47(35-42)46-29-14-15-30-48(46)53(49)39-22-8-3-9-23-39)40-24-16-25-41(34-40)52(38-20-6-2-7-21-38)50-33-36-17-10-11-26-43(36)44-27-12-13-28-45(44)50/h1-35H. The predicted octanol–water partition coefficient (Wildman–Crippen LogP) is 14.0. The number of hydrogen-bond acceptors (Lipinski definition) is 2. The third kappa shape index (κ3) is 5.30. The van der Waals surface area contributed by atoms with Crippen molar-refractivity contribution in [3.8, 4) is 5.69 Å². The molecule has 0 atom stereocenters. The molecule has 10 rings (SSSR count). The second kappa shape index (κ2) is 12.9. The molecule has 0 aliphatic carbocycles. The predicted molar refractivity (Wildman–Crippen MR) is 225 cm³/mol. The molecule has 0 radical (unpaired) electrons. The van der Waals surface area contributed by atoms with Gasteiger partial charge < -0.3 is 14.4 Å². The average molecular weight is 678 g/mol. The first-order valence-electron chi connectivity index (χ1n) is 18.1. The van der Waals surface area contributed by atoms with Crippen LogP contribution in [0.25, 0.3) is 49.0 Å². The van der Waals surface area contributed by atoms with Crippen LogP contribution in [-0.2, 0) is 0 Å². The van der Waals surface area contributed by atoms with Crippen molar-refractivity contribution >= 4 is 77.5 Å². The Bertz CT molecular complexity index is 2900. The lowest BCUT2D eigenvalue weighted by molar-refractivity contribution is 1.18. The van der Waals surface area contributed by atoms with Crippen molar-refractivity contribution in [1.29, 1.82) is 0 Å². The maximum absolute atomic E-state index is 2.40. The van der Waals surface area contributed by atoms with Gasteiger partial charge in [-0.3, -0.25) is 0 Å². The zero-order valence-corrected chi connectivity index (χ0v) is 29.0. The van der Waals surface area contributed by atoms with Gasteiger partial charge in [0.25, 0.3) is 0 Å². The Morgan fingerprint density at radius 2 is 0.792 bits per heavy atom. The van der Waals surface area contributed by atoms with E-state index in [0.29, 0.717) is 0 Å². The van der Waals surface area contributed by atoms with Gasteiger partial charge in [0.2, 0.25) is 0 Å². The van der Waals surface area contributed by atoms with Gasteiger partial charge in [-0.05, 0) is 101 Å². The van der Waals surface area contributed by atoms with Crippen LogP contribution < -0.4 is 9.80 Å². The summed E-state index contributed by atoms with van der Waals surface area (Å²) in [5, 5.41) is 7.37. The Labute approximate surface area is 308 Å². The number of aromatic nitrogens is 1. The molecule has 0 amide bonds. The van der Waals surface area contributed by atoms with Crippen molar-refractivity contribution in [3.63, 3.8) is 0 Å². The molecule has 3 nitrogen and oxygen atoms in total. The molecule has 0 unspecified atom stereocenters. The van der Waals surface area contributed by atoms with E-state index in [4.69, 9.17) is 0 Å². The monoisotopic (exact) mass is 677 g/mol. The summed E-state index contributed by atoms with van der Waals surface area (Å²) in [6.45, 7) is 0. The summed E-state index contributed by atoms with van der Waals surface area (Å²) in [5.41, 5.74) is 10.1. The molecule has 0 aliphatic heterocycles. The quantitative estimate of drug-likeness (QED) is 0.156. The second-order valence-electron chi connectivity index (χ2n) is 13.4. The average Bonchev–Trinajstić information content (AvgIpc) is 3.56. The van der Waals surface area contributed by atoms with E-state index in [1.54, 1.807) is 0 Å². The topological polar surface area (TPSA) is 11.4 Å². The molecule has 0 saturated carbocycles. The van der Waals surface area contributed by atoms with Gasteiger partial charge in [0.15, 0.2) is 0 Å². The van der Waals surface area contributed by atoms with Crippen molar-refractivity contribution in [3.05, 3.63) is 212 Å². The number of benzene rings is 9. The summed E-state index contributed by atoms with van der Waals surface area (Å²) in [7, 11) is 0. The summed E-state index contributed by atoms with van der Waals surface area (Å²) in [6.07, 6.45) is 0. The zero-order chi connectivity index (χ0) is 35.1. The molecule has 0 saturated heterocycles. The lowest BCUT2D eigenvalue weighted by atomic mass is 9.99. The van der Waals surface area contributed by atoms with Crippen LogP contribution in [0.15, 0.2) is 212 Å². The molecule has 3 heteroatoms. The number of anilines is 6. The molecule has 0 fully saturated rings. The number of para-hydroxylation sites is 4.